The maximum atomic E-state index is 8.56. The summed E-state index contributed by atoms with van der Waals surface area (Å²) < 4.78 is 0. The van der Waals surface area contributed by atoms with E-state index in [0.717, 1.165) is 0 Å². The summed E-state index contributed by atoms with van der Waals surface area (Å²) in [6.07, 6.45) is -1.83. The summed E-state index contributed by atoms with van der Waals surface area (Å²) in [7, 11) is -4.33. The van der Waals surface area contributed by atoms with Crippen LogP contribution in [0.4, 0.5) is 4.79 Å². The fourth-order valence-corrected chi connectivity index (χ4v) is 0. The normalized spacial score (nSPS) is 6.00. The Morgan fingerprint density at radius 3 is 0.769 bits per heavy atom. The van der Waals surface area contributed by atoms with Crippen LogP contribution in [0.5, 0.6) is 0 Å². The van der Waals surface area contributed by atoms with Crippen molar-refractivity contribution >= 4 is 50.4 Å². The first-order valence-corrected chi connectivity index (χ1v) is 2.20. The molecular formula is CH9B2NaO9. The molecule has 0 heterocycles. The number of hydrogen-bond acceptors (Lipinski definition) is 7. The summed E-state index contributed by atoms with van der Waals surface area (Å²) in [6.45, 7) is 0. The molecule has 0 amide bonds. The monoisotopic (exact) mass is 210 g/mol. The third-order valence-corrected chi connectivity index (χ3v) is 0. The van der Waals surface area contributed by atoms with Crippen molar-refractivity contribution in [3.05, 3.63) is 0 Å². The molecule has 0 spiro atoms. The molecule has 12 heteroatoms. The fourth-order valence-electron chi connectivity index (χ4n) is 0. The molecule has 0 aromatic heterocycles. The molecule has 0 atom stereocenters. The summed E-state index contributed by atoms with van der Waals surface area (Å²) in [6, 6.07) is 0. The molecule has 0 rings (SSSR count). The van der Waals surface area contributed by atoms with Crippen LogP contribution in [0.3, 0.4) is 0 Å². The summed E-state index contributed by atoms with van der Waals surface area (Å²) >= 11 is 0. The van der Waals surface area contributed by atoms with Gasteiger partial charge in [0.2, 0.25) is 0 Å². The molecule has 0 aliphatic heterocycles. The molecule has 0 fully saturated rings. The first-order valence-electron chi connectivity index (χ1n) is 2.20. The molecule has 74 valence electrons. The molecule has 0 radical (unpaired) electrons. The second-order valence-corrected chi connectivity index (χ2v) is 0.975. The molecule has 0 unspecified atom stereocenters. The summed E-state index contributed by atoms with van der Waals surface area (Å²) in [5.74, 6) is 0. The van der Waals surface area contributed by atoms with Crippen LogP contribution in [0.2, 0.25) is 0 Å². The van der Waals surface area contributed by atoms with Crippen LogP contribution in [0.1, 0.15) is 0 Å². The molecule has 0 saturated heterocycles. The van der Waals surface area contributed by atoms with Crippen molar-refractivity contribution in [2.24, 2.45) is 0 Å². The van der Waals surface area contributed by atoms with E-state index in [9.17, 15) is 0 Å². The molecule has 0 aliphatic rings. The van der Waals surface area contributed by atoms with E-state index in [1.54, 1.807) is 0 Å². The van der Waals surface area contributed by atoms with Crippen LogP contribution in [0.15, 0.2) is 0 Å². The van der Waals surface area contributed by atoms with Gasteiger partial charge in [-0.25, -0.2) is 4.79 Å². The van der Waals surface area contributed by atoms with Crippen molar-refractivity contribution in [1.29, 1.82) is 0 Å². The van der Waals surface area contributed by atoms with Gasteiger partial charge in [0.05, 0.1) is 0 Å². The zero-order valence-corrected chi connectivity index (χ0v) is 5.64. The van der Waals surface area contributed by atoms with Crippen molar-refractivity contribution in [1.82, 2.24) is 0 Å². The summed E-state index contributed by atoms with van der Waals surface area (Å²) in [5.41, 5.74) is 0. The number of carbonyl (C=O) groups is 1. The standard InChI is InChI=1S/CH2O3.2BH3O3.Na.H/c3*2-1(3)4;;/h(H2,2,3,4);2*2-4H;;. The van der Waals surface area contributed by atoms with E-state index in [-0.39, 0.29) is 29.6 Å². The summed E-state index contributed by atoms with van der Waals surface area (Å²) in [5, 5.41) is 56.9. The SMILES string of the molecule is O=C(O)O.OB(O)O.OB(O)O.[NaH]. The van der Waals surface area contributed by atoms with Crippen LogP contribution in [0, 0.1) is 0 Å². The minimum atomic E-state index is -2.17. The van der Waals surface area contributed by atoms with Gasteiger partial charge in [-0.2, -0.15) is 0 Å². The average molecular weight is 210 g/mol. The fraction of sp³-hybridized carbons (Fsp3) is 0. The Morgan fingerprint density at radius 1 is 0.769 bits per heavy atom. The Morgan fingerprint density at radius 2 is 0.769 bits per heavy atom. The third kappa shape index (κ3) is 49100. The average Bonchev–Trinajstić information content (AvgIpc) is 1.54. The Bertz CT molecular complexity index is 80.1. The van der Waals surface area contributed by atoms with Crippen molar-refractivity contribution in [2.75, 3.05) is 0 Å². The van der Waals surface area contributed by atoms with Gasteiger partial charge in [0.1, 0.15) is 0 Å². The number of rotatable bonds is 0. The molecule has 0 saturated carbocycles. The van der Waals surface area contributed by atoms with Crippen molar-refractivity contribution in [3.8, 4) is 0 Å². The van der Waals surface area contributed by atoms with E-state index in [4.69, 9.17) is 45.2 Å². The molecule has 13 heavy (non-hydrogen) atoms. The Kier molecular flexibility index (Phi) is 32.2. The molecule has 0 bridgehead atoms. The van der Waals surface area contributed by atoms with Crippen molar-refractivity contribution in [2.45, 2.75) is 0 Å². The van der Waals surface area contributed by atoms with Crippen LogP contribution in [0.25, 0.3) is 0 Å². The van der Waals surface area contributed by atoms with Gasteiger partial charge in [-0.1, -0.05) is 0 Å². The van der Waals surface area contributed by atoms with Crippen molar-refractivity contribution < 1.29 is 45.2 Å². The Balaban J connectivity index is -0.0000000450. The second-order valence-electron chi connectivity index (χ2n) is 0.975. The van der Waals surface area contributed by atoms with Crippen LogP contribution >= 0.6 is 0 Å². The first kappa shape index (κ1) is 23.2. The number of carboxylic acid groups (broad SMARTS) is 2. The van der Waals surface area contributed by atoms with Gasteiger partial charge < -0.3 is 40.4 Å². The van der Waals surface area contributed by atoms with E-state index in [2.05, 4.69) is 0 Å². The Labute approximate surface area is 95.5 Å². The molecule has 0 aliphatic carbocycles. The zero-order chi connectivity index (χ0) is 10.7. The van der Waals surface area contributed by atoms with Crippen LogP contribution < -0.4 is 0 Å². The van der Waals surface area contributed by atoms with Crippen LogP contribution in [-0.2, 0) is 0 Å². The maximum absolute atomic E-state index is 8.56. The molecule has 8 N–H and O–H groups in total. The third-order valence-electron chi connectivity index (χ3n) is 0. The predicted octanol–water partition coefficient (Wildman–Crippen LogP) is -4.53. The minimum absolute atomic E-state index is 0. The van der Waals surface area contributed by atoms with Crippen LogP contribution in [-0.4, -0.2) is 90.7 Å². The topological polar surface area (TPSA) is 179 Å². The number of hydrogen-bond donors (Lipinski definition) is 8. The van der Waals surface area contributed by atoms with Gasteiger partial charge in [0.15, 0.2) is 0 Å². The summed E-state index contributed by atoms with van der Waals surface area (Å²) in [4.78, 5) is 8.56. The molecular weight excluding hydrogens is 201 g/mol. The molecule has 0 aromatic carbocycles. The van der Waals surface area contributed by atoms with E-state index >= 15 is 0 Å². The van der Waals surface area contributed by atoms with E-state index in [1.807, 2.05) is 0 Å². The van der Waals surface area contributed by atoms with Gasteiger partial charge in [0, 0.05) is 0 Å². The molecule has 0 aromatic rings. The van der Waals surface area contributed by atoms with Crippen molar-refractivity contribution in [3.63, 3.8) is 0 Å². The Hall–Kier alpha value is 0.160. The van der Waals surface area contributed by atoms with E-state index in [1.165, 1.54) is 0 Å². The van der Waals surface area contributed by atoms with Gasteiger partial charge in [0.25, 0.3) is 0 Å². The van der Waals surface area contributed by atoms with E-state index < -0.39 is 20.8 Å². The molecule has 9 nitrogen and oxygen atoms in total. The van der Waals surface area contributed by atoms with Gasteiger partial charge in [-0.05, 0) is 0 Å². The van der Waals surface area contributed by atoms with Gasteiger partial charge in [-0.3, -0.25) is 0 Å². The van der Waals surface area contributed by atoms with Gasteiger partial charge in [-0.15, -0.1) is 0 Å². The second kappa shape index (κ2) is 18.0. The zero-order valence-electron chi connectivity index (χ0n) is 5.64. The van der Waals surface area contributed by atoms with E-state index in [0.29, 0.717) is 0 Å². The quantitative estimate of drug-likeness (QED) is 0.182. The first-order chi connectivity index (χ1) is 5.20. The van der Waals surface area contributed by atoms with Gasteiger partial charge >= 0.3 is 50.4 Å². The predicted molar refractivity (Wildman–Crippen MR) is 42.6 cm³/mol.